The topological polar surface area (TPSA) is 99.1 Å². The Morgan fingerprint density at radius 3 is 2.53 bits per heavy atom. The molecule has 0 aliphatic carbocycles. The average molecular weight is 274 g/mol. The summed E-state index contributed by atoms with van der Waals surface area (Å²) >= 11 is 0. The molecule has 110 valence electrons. The van der Waals surface area contributed by atoms with Crippen LogP contribution in [0.25, 0.3) is 0 Å². The van der Waals surface area contributed by atoms with Crippen molar-refractivity contribution in [3.8, 4) is 0 Å². The summed E-state index contributed by atoms with van der Waals surface area (Å²) in [6, 6.07) is -0.381. The molecule has 2 amide bonds. The molecule has 7 nitrogen and oxygen atoms in total. The predicted octanol–water partition coefficient (Wildman–Crippen LogP) is -0.110. The zero-order valence-corrected chi connectivity index (χ0v) is 11.4. The van der Waals surface area contributed by atoms with E-state index in [1.807, 2.05) is 0 Å². The van der Waals surface area contributed by atoms with Crippen molar-refractivity contribution in [1.82, 2.24) is 10.2 Å². The van der Waals surface area contributed by atoms with Crippen molar-refractivity contribution in [2.75, 3.05) is 33.4 Å². The smallest absolute Gasteiger partial charge is 0.317 e. The Morgan fingerprint density at radius 1 is 1.42 bits per heavy atom. The minimum Gasteiger partial charge on any atom is -0.481 e. The van der Waals surface area contributed by atoms with Crippen LogP contribution in [-0.2, 0) is 9.53 Å². The second kappa shape index (κ2) is 6.72. The zero-order valence-electron chi connectivity index (χ0n) is 11.4. The highest BCUT2D eigenvalue weighted by Gasteiger charge is 2.32. The quantitative estimate of drug-likeness (QED) is 0.649. The molecule has 0 radical (unpaired) electrons. The lowest BCUT2D eigenvalue weighted by Gasteiger charge is -2.35. The van der Waals surface area contributed by atoms with Crippen LogP contribution in [0.5, 0.6) is 0 Å². The number of urea groups is 1. The van der Waals surface area contributed by atoms with Crippen LogP contribution in [0.3, 0.4) is 0 Å². The highest BCUT2D eigenvalue weighted by atomic mass is 16.5. The van der Waals surface area contributed by atoms with Gasteiger partial charge >= 0.3 is 12.0 Å². The molecule has 1 heterocycles. The second-order valence-electron chi connectivity index (χ2n) is 5.12. The van der Waals surface area contributed by atoms with E-state index in [1.165, 1.54) is 11.8 Å². The highest BCUT2D eigenvalue weighted by molar-refractivity contribution is 5.75. The van der Waals surface area contributed by atoms with E-state index < -0.39 is 17.5 Å². The Morgan fingerprint density at radius 2 is 2.00 bits per heavy atom. The van der Waals surface area contributed by atoms with Crippen LogP contribution >= 0.6 is 0 Å². The molecule has 0 aromatic rings. The molecule has 0 aromatic heterocycles. The van der Waals surface area contributed by atoms with Gasteiger partial charge in [-0.2, -0.15) is 0 Å². The van der Waals surface area contributed by atoms with E-state index in [0.717, 1.165) is 0 Å². The molecule has 0 aromatic carbocycles. The number of nitrogens with one attached hydrogen (secondary N) is 1. The molecule has 1 unspecified atom stereocenters. The third-order valence-electron chi connectivity index (χ3n) is 3.28. The number of carbonyl (C=O) groups is 2. The Bertz CT molecular complexity index is 328. The first kappa shape index (κ1) is 15.7. The number of ether oxygens (including phenoxy) is 1. The number of hydrogen-bond acceptors (Lipinski definition) is 4. The number of likely N-dealkylation sites (N-methyl/N-ethyl adjacent to an activating group) is 1. The molecule has 1 aliphatic heterocycles. The summed E-state index contributed by atoms with van der Waals surface area (Å²) in [5, 5.41) is 21.5. The fourth-order valence-electron chi connectivity index (χ4n) is 1.89. The van der Waals surface area contributed by atoms with E-state index in [-0.39, 0.29) is 19.1 Å². The molecule has 1 rings (SSSR count). The summed E-state index contributed by atoms with van der Waals surface area (Å²) in [6.45, 7) is 2.78. The van der Waals surface area contributed by atoms with Crippen LogP contribution in [0, 0.1) is 5.92 Å². The Labute approximate surface area is 112 Å². The lowest BCUT2D eigenvalue weighted by atomic mass is 9.94. The average Bonchev–Trinajstić information content (AvgIpc) is 2.35. The van der Waals surface area contributed by atoms with E-state index >= 15 is 0 Å². The molecule has 3 N–H and O–H groups in total. The fourth-order valence-corrected chi connectivity index (χ4v) is 1.89. The van der Waals surface area contributed by atoms with Gasteiger partial charge in [0.15, 0.2) is 0 Å². The van der Waals surface area contributed by atoms with Crippen molar-refractivity contribution in [3.05, 3.63) is 0 Å². The summed E-state index contributed by atoms with van der Waals surface area (Å²) in [5.74, 6) is -1.59. The maximum atomic E-state index is 11.8. The number of aliphatic hydroxyl groups is 1. The van der Waals surface area contributed by atoms with Gasteiger partial charge in [0.1, 0.15) is 0 Å². The van der Waals surface area contributed by atoms with E-state index in [0.29, 0.717) is 26.1 Å². The fraction of sp³-hybridized carbons (Fsp3) is 0.833. The van der Waals surface area contributed by atoms with Gasteiger partial charge in [-0.15, -0.1) is 0 Å². The number of carboxylic acid groups (broad SMARTS) is 1. The van der Waals surface area contributed by atoms with E-state index in [1.54, 1.807) is 7.05 Å². The summed E-state index contributed by atoms with van der Waals surface area (Å²) in [6.07, 6.45) is 0.992. The Kier molecular flexibility index (Phi) is 5.56. The van der Waals surface area contributed by atoms with Gasteiger partial charge in [0.2, 0.25) is 0 Å². The first-order chi connectivity index (χ1) is 8.84. The first-order valence-electron chi connectivity index (χ1n) is 6.36. The highest BCUT2D eigenvalue weighted by Crippen LogP contribution is 2.21. The number of rotatable bonds is 5. The van der Waals surface area contributed by atoms with Crippen LogP contribution in [0.4, 0.5) is 4.79 Å². The summed E-state index contributed by atoms with van der Waals surface area (Å²) in [7, 11) is 1.58. The molecule has 1 fully saturated rings. The maximum absolute atomic E-state index is 11.8. The van der Waals surface area contributed by atoms with Gasteiger partial charge in [0.05, 0.1) is 18.1 Å². The van der Waals surface area contributed by atoms with Gasteiger partial charge in [0, 0.05) is 39.6 Å². The van der Waals surface area contributed by atoms with Gasteiger partial charge in [-0.3, -0.25) is 4.79 Å². The minimum absolute atomic E-state index is 0.0695. The molecule has 1 aliphatic rings. The molecule has 7 heteroatoms. The Balaban J connectivity index is 2.37. The first-order valence-corrected chi connectivity index (χ1v) is 6.36. The SMILES string of the molecule is CC(CNC(=O)N(C)CC1(O)CCOCC1)C(=O)O. The summed E-state index contributed by atoms with van der Waals surface area (Å²) < 4.78 is 5.17. The third kappa shape index (κ3) is 5.04. The van der Waals surface area contributed by atoms with Gasteiger partial charge < -0.3 is 25.2 Å². The molecule has 1 atom stereocenters. The predicted molar refractivity (Wildman–Crippen MR) is 67.8 cm³/mol. The molecule has 1 saturated heterocycles. The summed E-state index contributed by atoms with van der Waals surface area (Å²) in [4.78, 5) is 23.8. The van der Waals surface area contributed by atoms with Crippen molar-refractivity contribution >= 4 is 12.0 Å². The number of nitrogens with zero attached hydrogens (tertiary/aromatic N) is 1. The number of hydrogen-bond donors (Lipinski definition) is 3. The van der Waals surface area contributed by atoms with Gasteiger partial charge in [0.25, 0.3) is 0 Å². The van der Waals surface area contributed by atoms with E-state index in [4.69, 9.17) is 9.84 Å². The minimum atomic E-state index is -0.953. The largest absolute Gasteiger partial charge is 0.481 e. The third-order valence-corrected chi connectivity index (χ3v) is 3.28. The molecule has 0 saturated carbocycles. The lowest BCUT2D eigenvalue weighted by Crippen LogP contribution is -2.50. The van der Waals surface area contributed by atoms with E-state index in [2.05, 4.69) is 5.32 Å². The molecular weight excluding hydrogens is 252 g/mol. The van der Waals surface area contributed by atoms with Crippen LogP contribution in [0.2, 0.25) is 0 Å². The van der Waals surface area contributed by atoms with Crippen LogP contribution in [0.1, 0.15) is 19.8 Å². The normalized spacial score (nSPS) is 19.5. The van der Waals surface area contributed by atoms with Gasteiger partial charge in [-0.05, 0) is 0 Å². The molecule has 0 spiro atoms. The van der Waals surface area contributed by atoms with Crippen molar-refractivity contribution in [3.63, 3.8) is 0 Å². The van der Waals surface area contributed by atoms with Gasteiger partial charge in [-0.25, -0.2) is 4.79 Å². The zero-order chi connectivity index (χ0) is 14.5. The molecular formula is C12H22N2O5. The number of amides is 2. The van der Waals surface area contributed by atoms with Crippen LogP contribution in [-0.4, -0.2) is 66.1 Å². The molecule has 19 heavy (non-hydrogen) atoms. The number of carboxylic acids is 1. The summed E-state index contributed by atoms with van der Waals surface area (Å²) in [5.41, 5.74) is -0.914. The number of aliphatic carboxylic acids is 1. The van der Waals surface area contributed by atoms with Crippen molar-refractivity contribution < 1.29 is 24.5 Å². The van der Waals surface area contributed by atoms with Gasteiger partial charge in [-0.1, -0.05) is 6.92 Å². The van der Waals surface area contributed by atoms with Crippen molar-refractivity contribution in [2.45, 2.75) is 25.4 Å². The standard InChI is InChI=1S/C12H22N2O5/c1-9(10(15)16)7-13-11(17)14(2)8-12(18)3-5-19-6-4-12/h9,18H,3-8H2,1-2H3,(H,13,17)(H,15,16). The van der Waals surface area contributed by atoms with E-state index in [9.17, 15) is 14.7 Å². The number of carbonyl (C=O) groups excluding carboxylic acids is 1. The monoisotopic (exact) mass is 274 g/mol. The van der Waals surface area contributed by atoms with Crippen LogP contribution < -0.4 is 5.32 Å². The second-order valence-corrected chi connectivity index (χ2v) is 5.12. The lowest BCUT2D eigenvalue weighted by molar-refractivity contribution is -0.140. The van der Waals surface area contributed by atoms with Crippen molar-refractivity contribution in [1.29, 1.82) is 0 Å². The maximum Gasteiger partial charge on any atom is 0.317 e. The van der Waals surface area contributed by atoms with Crippen LogP contribution in [0.15, 0.2) is 0 Å². The molecule has 0 bridgehead atoms. The van der Waals surface area contributed by atoms with Crippen molar-refractivity contribution in [2.24, 2.45) is 5.92 Å². The Hall–Kier alpha value is -1.34.